The predicted molar refractivity (Wildman–Crippen MR) is 131 cm³/mol. The highest BCUT2D eigenvalue weighted by Crippen LogP contribution is 2.36. The van der Waals surface area contributed by atoms with Gasteiger partial charge < -0.3 is 0 Å². The molecule has 0 bridgehead atoms. The molecule has 0 heterocycles. The van der Waals surface area contributed by atoms with Gasteiger partial charge in [0.15, 0.2) is 0 Å². The van der Waals surface area contributed by atoms with Crippen molar-refractivity contribution in [3.63, 3.8) is 0 Å². The number of unbranched alkanes of at least 4 members (excludes halogenated alkanes) is 10. The zero-order chi connectivity index (χ0) is 20.6. The topological polar surface area (TPSA) is 0 Å². The van der Waals surface area contributed by atoms with E-state index >= 15 is 0 Å². The molecule has 29 heavy (non-hydrogen) atoms. The van der Waals surface area contributed by atoms with E-state index in [1.807, 2.05) is 0 Å². The first-order valence-corrected chi connectivity index (χ1v) is 12.3. The zero-order valence-electron chi connectivity index (χ0n) is 19.1. The monoisotopic (exact) mass is 394 g/mol. The molecule has 2 rings (SSSR count). The lowest BCUT2D eigenvalue weighted by Crippen LogP contribution is -2.46. The van der Waals surface area contributed by atoms with E-state index in [9.17, 15) is 0 Å². The summed E-state index contributed by atoms with van der Waals surface area (Å²) in [7, 11) is 0. The second-order valence-electron chi connectivity index (χ2n) is 8.62. The molecule has 0 aliphatic rings. The summed E-state index contributed by atoms with van der Waals surface area (Å²) in [5, 5.41) is 0. The van der Waals surface area contributed by atoms with E-state index in [4.69, 9.17) is 0 Å². The number of nitrogens with zero attached hydrogens (tertiary/aromatic N) is 1. The number of rotatable bonds is 16. The Bertz CT molecular complexity index is 580. The number of hydrogen-bond donors (Lipinski definition) is 0. The molecule has 160 valence electrons. The normalized spacial score (nSPS) is 11.7. The first kappa shape index (κ1) is 23.7. The van der Waals surface area contributed by atoms with Crippen molar-refractivity contribution in [2.75, 3.05) is 13.1 Å². The van der Waals surface area contributed by atoms with E-state index < -0.39 is 0 Å². The highest BCUT2D eigenvalue weighted by molar-refractivity contribution is 5.58. The smallest absolute Gasteiger partial charge is 0.137 e. The van der Waals surface area contributed by atoms with Crippen LogP contribution in [-0.4, -0.2) is 13.1 Å². The number of para-hydroxylation sites is 2. The van der Waals surface area contributed by atoms with E-state index in [0.29, 0.717) is 0 Å². The average molecular weight is 395 g/mol. The molecule has 2 aromatic carbocycles. The number of hydrogen-bond acceptors (Lipinski definition) is 0. The van der Waals surface area contributed by atoms with Gasteiger partial charge in [-0.1, -0.05) is 102 Å². The largest absolute Gasteiger partial charge is 0.259 e. The fraction of sp³-hybridized carbons (Fsp3) is 0.571. The van der Waals surface area contributed by atoms with Crippen LogP contribution >= 0.6 is 0 Å². The van der Waals surface area contributed by atoms with E-state index in [2.05, 4.69) is 74.5 Å². The van der Waals surface area contributed by atoms with Crippen LogP contribution in [0, 0.1) is 0 Å². The summed E-state index contributed by atoms with van der Waals surface area (Å²) in [6.07, 6.45) is 16.3. The van der Waals surface area contributed by atoms with Gasteiger partial charge in [0.1, 0.15) is 11.4 Å². The Morgan fingerprint density at radius 3 is 1.17 bits per heavy atom. The van der Waals surface area contributed by atoms with E-state index in [1.54, 1.807) is 0 Å². The van der Waals surface area contributed by atoms with E-state index in [0.717, 1.165) is 4.48 Å². The SMILES string of the molecule is CCCCCCCCC[N+](CCCCCCC)(c1ccccc1)c1ccccc1. The van der Waals surface area contributed by atoms with Crippen LogP contribution in [0.2, 0.25) is 0 Å². The molecule has 0 aliphatic heterocycles. The van der Waals surface area contributed by atoms with Crippen LogP contribution in [0.1, 0.15) is 90.9 Å². The average Bonchev–Trinajstić information content (AvgIpc) is 2.78. The van der Waals surface area contributed by atoms with Gasteiger partial charge in [-0.05, 0) is 49.9 Å². The maximum absolute atomic E-state index is 2.35. The van der Waals surface area contributed by atoms with Gasteiger partial charge in [0.25, 0.3) is 0 Å². The number of quaternary nitrogens is 1. The van der Waals surface area contributed by atoms with Crippen molar-refractivity contribution in [3.05, 3.63) is 60.7 Å². The molecule has 0 fully saturated rings. The second-order valence-corrected chi connectivity index (χ2v) is 8.62. The first-order chi connectivity index (χ1) is 14.3. The highest BCUT2D eigenvalue weighted by atomic mass is 15.4. The Hall–Kier alpha value is -1.60. The van der Waals surface area contributed by atoms with Gasteiger partial charge in [0, 0.05) is 0 Å². The maximum atomic E-state index is 2.35. The third-order valence-corrected chi connectivity index (χ3v) is 6.29. The zero-order valence-corrected chi connectivity index (χ0v) is 19.1. The molecule has 1 nitrogen and oxygen atoms in total. The maximum Gasteiger partial charge on any atom is 0.137 e. The molecular weight excluding hydrogens is 350 g/mol. The number of benzene rings is 2. The van der Waals surface area contributed by atoms with Crippen molar-refractivity contribution in [2.24, 2.45) is 0 Å². The Labute approximate surface area is 180 Å². The van der Waals surface area contributed by atoms with Crippen LogP contribution in [0.25, 0.3) is 0 Å². The van der Waals surface area contributed by atoms with Crippen LogP contribution in [0.5, 0.6) is 0 Å². The van der Waals surface area contributed by atoms with Gasteiger partial charge in [0.2, 0.25) is 0 Å². The molecule has 2 aromatic rings. The molecule has 1 heteroatoms. The molecule has 0 amide bonds. The Balaban J connectivity index is 2.12. The third-order valence-electron chi connectivity index (χ3n) is 6.29. The minimum absolute atomic E-state index is 1.02. The lowest BCUT2D eigenvalue weighted by molar-refractivity contribution is 0.354. The molecule has 0 N–H and O–H groups in total. The van der Waals surface area contributed by atoms with Crippen LogP contribution in [0.3, 0.4) is 0 Å². The Morgan fingerprint density at radius 2 is 0.793 bits per heavy atom. The standard InChI is InChI=1S/C28H44N/c1-3-5-7-9-10-12-20-26-29(25-19-11-8-6-4-2,27-21-15-13-16-22-27)28-23-17-14-18-24-28/h13-18,21-24H,3-12,19-20,25-26H2,1-2H3/q+1. The minimum atomic E-state index is 1.02. The van der Waals surface area contributed by atoms with Crippen LogP contribution in [-0.2, 0) is 0 Å². The Morgan fingerprint density at radius 1 is 0.448 bits per heavy atom. The highest BCUT2D eigenvalue weighted by Gasteiger charge is 2.32. The molecule has 0 saturated heterocycles. The summed E-state index contributed by atoms with van der Waals surface area (Å²) in [6.45, 7) is 7.03. The van der Waals surface area contributed by atoms with E-state index in [1.165, 1.54) is 102 Å². The quantitative estimate of drug-likeness (QED) is 0.197. The van der Waals surface area contributed by atoms with Crippen molar-refractivity contribution in [3.8, 4) is 0 Å². The molecule has 0 radical (unpaired) electrons. The summed E-state index contributed by atoms with van der Waals surface area (Å²) >= 11 is 0. The Kier molecular flexibility index (Phi) is 11.8. The van der Waals surface area contributed by atoms with Gasteiger partial charge in [0.05, 0.1) is 13.1 Å². The van der Waals surface area contributed by atoms with Crippen LogP contribution in [0.4, 0.5) is 11.4 Å². The van der Waals surface area contributed by atoms with Gasteiger partial charge in [-0.15, -0.1) is 0 Å². The predicted octanol–water partition coefficient (Wildman–Crippen LogP) is 9.05. The van der Waals surface area contributed by atoms with Crippen molar-refractivity contribution in [2.45, 2.75) is 90.9 Å². The molecule has 0 spiro atoms. The van der Waals surface area contributed by atoms with Crippen LogP contribution < -0.4 is 4.48 Å². The fourth-order valence-corrected chi connectivity index (χ4v) is 4.53. The summed E-state index contributed by atoms with van der Waals surface area (Å²) < 4.78 is 1.02. The lowest BCUT2D eigenvalue weighted by atomic mass is 10.0. The van der Waals surface area contributed by atoms with Crippen molar-refractivity contribution in [1.82, 2.24) is 4.48 Å². The second kappa shape index (κ2) is 14.4. The molecule has 0 saturated carbocycles. The molecule has 0 aromatic heterocycles. The minimum Gasteiger partial charge on any atom is -0.259 e. The van der Waals surface area contributed by atoms with Gasteiger partial charge in [-0.3, -0.25) is 4.48 Å². The van der Waals surface area contributed by atoms with Crippen molar-refractivity contribution >= 4 is 11.4 Å². The summed E-state index contributed by atoms with van der Waals surface area (Å²) in [5.74, 6) is 0. The van der Waals surface area contributed by atoms with E-state index in [-0.39, 0.29) is 0 Å². The molecular formula is C28H44N+. The van der Waals surface area contributed by atoms with Gasteiger partial charge in [-0.25, -0.2) is 0 Å². The summed E-state index contributed by atoms with van der Waals surface area (Å²) in [4.78, 5) is 0. The molecule has 0 atom stereocenters. The van der Waals surface area contributed by atoms with Gasteiger partial charge in [-0.2, -0.15) is 0 Å². The molecule has 0 aliphatic carbocycles. The summed E-state index contributed by atoms with van der Waals surface area (Å²) in [5.41, 5.74) is 2.92. The third kappa shape index (κ3) is 7.97. The van der Waals surface area contributed by atoms with Crippen molar-refractivity contribution in [1.29, 1.82) is 0 Å². The summed E-state index contributed by atoms with van der Waals surface area (Å²) in [6, 6.07) is 22.6. The van der Waals surface area contributed by atoms with Crippen molar-refractivity contribution < 1.29 is 0 Å². The lowest BCUT2D eigenvalue weighted by Gasteiger charge is -2.38. The fourth-order valence-electron chi connectivity index (χ4n) is 4.53. The molecule has 0 unspecified atom stereocenters. The van der Waals surface area contributed by atoms with Crippen LogP contribution in [0.15, 0.2) is 60.7 Å². The first-order valence-electron chi connectivity index (χ1n) is 12.3. The van der Waals surface area contributed by atoms with Gasteiger partial charge >= 0.3 is 0 Å².